The number of nitriles is 1. The third kappa shape index (κ3) is 2.92. The Balaban J connectivity index is 2.10. The SMILES string of the molecule is N#CC1=C(c2ccc(Br)cc2)OC(O)C[C@H]1c1ccccc1. The van der Waals surface area contributed by atoms with Gasteiger partial charge in [-0.15, -0.1) is 0 Å². The van der Waals surface area contributed by atoms with Gasteiger partial charge in [0.2, 0.25) is 0 Å². The van der Waals surface area contributed by atoms with E-state index >= 15 is 0 Å². The summed E-state index contributed by atoms with van der Waals surface area (Å²) in [6, 6.07) is 19.5. The third-order valence-corrected chi connectivity index (χ3v) is 4.24. The van der Waals surface area contributed by atoms with Gasteiger partial charge in [-0.05, 0) is 17.7 Å². The molecule has 2 aromatic carbocycles. The van der Waals surface area contributed by atoms with E-state index in [2.05, 4.69) is 22.0 Å². The molecule has 3 rings (SSSR count). The predicted molar refractivity (Wildman–Crippen MR) is 87.6 cm³/mol. The second-order valence-electron chi connectivity index (χ2n) is 5.13. The molecule has 1 heterocycles. The molecule has 0 radical (unpaired) electrons. The number of halogens is 1. The van der Waals surface area contributed by atoms with Crippen LogP contribution in [-0.4, -0.2) is 11.4 Å². The first-order valence-electron chi connectivity index (χ1n) is 6.99. The van der Waals surface area contributed by atoms with Gasteiger partial charge in [-0.2, -0.15) is 5.26 Å². The lowest BCUT2D eigenvalue weighted by molar-refractivity contribution is -0.0545. The molecule has 0 bridgehead atoms. The second kappa shape index (κ2) is 6.35. The molecular formula is C18H14BrNO2. The highest BCUT2D eigenvalue weighted by Gasteiger charge is 2.31. The van der Waals surface area contributed by atoms with E-state index in [1.54, 1.807) is 0 Å². The van der Waals surface area contributed by atoms with Crippen LogP contribution in [0.5, 0.6) is 0 Å². The highest BCUT2D eigenvalue weighted by molar-refractivity contribution is 9.10. The topological polar surface area (TPSA) is 53.2 Å². The van der Waals surface area contributed by atoms with Crippen LogP contribution < -0.4 is 0 Å². The Kier molecular flexibility index (Phi) is 4.28. The number of hydrogen-bond acceptors (Lipinski definition) is 3. The van der Waals surface area contributed by atoms with Crippen LogP contribution in [0.3, 0.4) is 0 Å². The van der Waals surface area contributed by atoms with E-state index in [9.17, 15) is 10.4 Å². The van der Waals surface area contributed by atoms with Crippen molar-refractivity contribution in [3.05, 3.63) is 75.8 Å². The van der Waals surface area contributed by atoms with E-state index in [0.717, 1.165) is 15.6 Å². The first-order valence-corrected chi connectivity index (χ1v) is 7.78. The summed E-state index contributed by atoms with van der Waals surface area (Å²) in [5.74, 6) is 0.302. The van der Waals surface area contributed by atoms with Crippen molar-refractivity contribution in [1.82, 2.24) is 0 Å². The Hall–Kier alpha value is -2.09. The molecule has 1 N–H and O–H groups in total. The van der Waals surface area contributed by atoms with Gasteiger partial charge < -0.3 is 9.84 Å². The van der Waals surface area contributed by atoms with E-state index in [4.69, 9.17) is 4.74 Å². The molecule has 1 aliphatic rings. The van der Waals surface area contributed by atoms with Gasteiger partial charge in [0.1, 0.15) is 5.76 Å². The number of aliphatic hydroxyl groups is 1. The van der Waals surface area contributed by atoms with Gasteiger partial charge >= 0.3 is 0 Å². The molecule has 2 aromatic rings. The second-order valence-corrected chi connectivity index (χ2v) is 6.05. The van der Waals surface area contributed by atoms with Crippen molar-refractivity contribution in [2.24, 2.45) is 0 Å². The molecule has 110 valence electrons. The number of ether oxygens (including phenoxy) is 1. The van der Waals surface area contributed by atoms with Crippen molar-refractivity contribution in [1.29, 1.82) is 5.26 Å². The van der Waals surface area contributed by atoms with E-state index in [-0.39, 0.29) is 5.92 Å². The molecule has 0 aliphatic carbocycles. The predicted octanol–water partition coefficient (Wildman–Crippen LogP) is 4.21. The standard InChI is InChI=1S/C18H14BrNO2/c19-14-8-6-13(7-9-14)18-16(11-20)15(10-17(21)22-18)12-4-2-1-3-5-12/h1-9,15,17,21H,10H2/t15-,17?/m0/s1. The van der Waals surface area contributed by atoms with Crippen LogP contribution in [0.15, 0.2) is 64.6 Å². The van der Waals surface area contributed by atoms with Crippen molar-refractivity contribution in [2.45, 2.75) is 18.6 Å². The third-order valence-electron chi connectivity index (χ3n) is 3.71. The zero-order valence-electron chi connectivity index (χ0n) is 11.7. The summed E-state index contributed by atoms with van der Waals surface area (Å²) in [5, 5.41) is 19.7. The quantitative estimate of drug-likeness (QED) is 0.877. The van der Waals surface area contributed by atoms with E-state index in [1.165, 1.54) is 0 Å². The lowest BCUT2D eigenvalue weighted by atomic mass is 9.85. The highest BCUT2D eigenvalue weighted by atomic mass is 79.9. The Morgan fingerprint density at radius 2 is 1.77 bits per heavy atom. The summed E-state index contributed by atoms with van der Waals surface area (Å²) in [6.07, 6.45) is -0.534. The summed E-state index contributed by atoms with van der Waals surface area (Å²) in [7, 11) is 0. The highest BCUT2D eigenvalue weighted by Crippen LogP contribution is 2.39. The molecule has 0 saturated carbocycles. The monoisotopic (exact) mass is 355 g/mol. The van der Waals surface area contributed by atoms with Crippen molar-refractivity contribution in [3.63, 3.8) is 0 Å². The summed E-state index contributed by atoms with van der Waals surface area (Å²) >= 11 is 3.39. The van der Waals surface area contributed by atoms with Crippen molar-refractivity contribution < 1.29 is 9.84 Å². The summed E-state index contributed by atoms with van der Waals surface area (Å²) < 4.78 is 6.52. The van der Waals surface area contributed by atoms with Crippen molar-refractivity contribution in [3.8, 4) is 6.07 Å². The average molecular weight is 356 g/mol. The van der Waals surface area contributed by atoms with E-state index < -0.39 is 6.29 Å². The first kappa shape index (κ1) is 14.8. The Bertz CT molecular complexity index is 732. The van der Waals surface area contributed by atoms with Crippen molar-refractivity contribution in [2.75, 3.05) is 0 Å². The van der Waals surface area contributed by atoms with Gasteiger partial charge in [0.15, 0.2) is 6.29 Å². The van der Waals surface area contributed by atoms with Gasteiger partial charge in [0.05, 0.1) is 11.6 Å². The average Bonchev–Trinajstić information content (AvgIpc) is 2.55. The van der Waals surface area contributed by atoms with Gasteiger partial charge in [-0.3, -0.25) is 0 Å². The summed E-state index contributed by atoms with van der Waals surface area (Å²) in [5.41, 5.74) is 2.36. The number of hydrogen-bond donors (Lipinski definition) is 1. The Labute approximate surface area is 137 Å². The van der Waals surface area contributed by atoms with Crippen LogP contribution >= 0.6 is 15.9 Å². The fourth-order valence-electron chi connectivity index (χ4n) is 2.67. The normalized spacial score (nSPS) is 21.1. The Morgan fingerprint density at radius 1 is 1.09 bits per heavy atom. The molecule has 2 atom stereocenters. The molecular weight excluding hydrogens is 342 g/mol. The Morgan fingerprint density at radius 3 is 2.41 bits per heavy atom. The fourth-order valence-corrected chi connectivity index (χ4v) is 2.93. The minimum absolute atomic E-state index is 0.159. The molecule has 0 fully saturated rings. The number of allylic oxidation sites excluding steroid dienone is 1. The number of aliphatic hydroxyl groups excluding tert-OH is 1. The molecule has 22 heavy (non-hydrogen) atoms. The molecule has 1 unspecified atom stereocenters. The molecule has 3 nitrogen and oxygen atoms in total. The molecule has 4 heteroatoms. The maximum Gasteiger partial charge on any atom is 0.198 e. The molecule has 1 aliphatic heterocycles. The van der Waals surface area contributed by atoms with Crippen LogP contribution in [-0.2, 0) is 4.74 Å². The summed E-state index contributed by atoms with van der Waals surface area (Å²) in [4.78, 5) is 0. The lowest BCUT2D eigenvalue weighted by Gasteiger charge is -2.29. The van der Waals surface area contributed by atoms with Crippen LogP contribution in [0.25, 0.3) is 5.76 Å². The van der Waals surface area contributed by atoms with Crippen molar-refractivity contribution >= 4 is 21.7 Å². The fraction of sp³-hybridized carbons (Fsp3) is 0.167. The van der Waals surface area contributed by atoms with E-state index in [0.29, 0.717) is 17.8 Å². The van der Waals surface area contributed by atoms with Crippen LogP contribution in [0.4, 0.5) is 0 Å². The zero-order valence-corrected chi connectivity index (χ0v) is 13.3. The van der Waals surface area contributed by atoms with E-state index in [1.807, 2.05) is 54.6 Å². The first-order chi connectivity index (χ1) is 10.7. The van der Waals surface area contributed by atoms with Gasteiger partial charge in [-0.1, -0.05) is 58.4 Å². The maximum absolute atomic E-state index is 10.1. The van der Waals surface area contributed by atoms with Gasteiger partial charge in [0, 0.05) is 22.4 Å². The minimum atomic E-state index is -0.916. The molecule has 0 spiro atoms. The van der Waals surface area contributed by atoms with Crippen LogP contribution in [0, 0.1) is 11.3 Å². The number of nitrogens with zero attached hydrogens (tertiary/aromatic N) is 1. The molecule has 0 aromatic heterocycles. The summed E-state index contributed by atoms with van der Waals surface area (Å²) in [6.45, 7) is 0. The zero-order chi connectivity index (χ0) is 15.5. The van der Waals surface area contributed by atoms with Gasteiger partial charge in [0.25, 0.3) is 0 Å². The largest absolute Gasteiger partial charge is 0.463 e. The smallest absolute Gasteiger partial charge is 0.198 e. The molecule has 0 saturated heterocycles. The van der Waals surface area contributed by atoms with Crippen LogP contribution in [0.2, 0.25) is 0 Å². The molecule has 0 amide bonds. The maximum atomic E-state index is 10.1. The number of rotatable bonds is 2. The lowest BCUT2D eigenvalue weighted by Crippen LogP contribution is -2.23. The van der Waals surface area contributed by atoms with Crippen LogP contribution in [0.1, 0.15) is 23.5 Å². The van der Waals surface area contributed by atoms with Gasteiger partial charge in [-0.25, -0.2) is 0 Å². The number of benzene rings is 2. The minimum Gasteiger partial charge on any atom is -0.463 e.